The molecule has 156 valence electrons. The van der Waals surface area contributed by atoms with E-state index < -0.39 is 10.0 Å². The molecule has 0 unspecified atom stereocenters. The zero-order chi connectivity index (χ0) is 21.9. The number of methoxy groups -OCH3 is 1. The van der Waals surface area contributed by atoms with Crippen molar-refractivity contribution in [3.8, 4) is 5.75 Å². The minimum absolute atomic E-state index is 0.155. The Labute approximate surface area is 177 Å². The van der Waals surface area contributed by atoms with Gasteiger partial charge in [0.2, 0.25) is 0 Å². The van der Waals surface area contributed by atoms with Gasteiger partial charge >= 0.3 is 0 Å². The summed E-state index contributed by atoms with van der Waals surface area (Å²) >= 11 is 0. The van der Waals surface area contributed by atoms with Gasteiger partial charge in [-0.1, -0.05) is 17.7 Å². The minimum Gasteiger partial charge on any atom is -0.497 e. The molecule has 0 saturated heterocycles. The van der Waals surface area contributed by atoms with E-state index >= 15 is 0 Å². The fraction of sp³-hybridized carbons (Fsp3) is 0.174. The van der Waals surface area contributed by atoms with Crippen molar-refractivity contribution in [2.24, 2.45) is 0 Å². The first kappa shape index (κ1) is 21.4. The van der Waals surface area contributed by atoms with Gasteiger partial charge in [0.05, 0.1) is 17.7 Å². The van der Waals surface area contributed by atoms with E-state index in [1.165, 1.54) is 30.6 Å². The van der Waals surface area contributed by atoms with Crippen molar-refractivity contribution < 1.29 is 17.9 Å². The number of ether oxygens (including phenoxy) is 1. The summed E-state index contributed by atoms with van der Waals surface area (Å²) in [7, 11) is -0.733. The number of carbonyl (C=O) groups excluding carboxylic acids is 1. The lowest BCUT2D eigenvalue weighted by Gasteiger charge is -2.20. The summed E-state index contributed by atoms with van der Waals surface area (Å²) in [6, 6.07) is 18.4. The second kappa shape index (κ2) is 8.59. The second-order valence-corrected chi connectivity index (χ2v) is 8.94. The highest BCUT2D eigenvalue weighted by atomic mass is 32.2. The number of anilines is 2. The summed E-state index contributed by atoms with van der Waals surface area (Å²) in [6.07, 6.45) is 0. The molecule has 30 heavy (non-hydrogen) atoms. The summed E-state index contributed by atoms with van der Waals surface area (Å²) in [6.45, 7) is 3.93. The highest BCUT2D eigenvalue weighted by molar-refractivity contribution is 7.92. The molecule has 0 aromatic heterocycles. The van der Waals surface area contributed by atoms with Crippen molar-refractivity contribution in [2.45, 2.75) is 18.7 Å². The number of rotatable bonds is 6. The molecule has 0 radical (unpaired) electrons. The fourth-order valence-corrected chi connectivity index (χ4v) is 4.21. The van der Waals surface area contributed by atoms with Crippen molar-refractivity contribution in [3.63, 3.8) is 0 Å². The lowest BCUT2D eigenvalue weighted by atomic mass is 10.1. The number of nitrogens with one attached hydrogen (secondary N) is 1. The number of amides is 1. The Morgan fingerprint density at radius 2 is 1.57 bits per heavy atom. The van der Waals surface area contributed by atoms with Gasteiger partial charge < -0.3 is 10.1 Å². The van der Waals surface area contributed by atoms with E-state index in [1.54, 1.807) is 36.4 Å². The second-order valence-electron chi connectivity index (χ2n) is 6.97. The first-order chi connectivity index (χ1) is 14.2. The zero-order valence-electron chi connectivity index (χ0n) is 17.3. The van der Waals surface area contributed by atoms with Crippen LogP contribution in [0, 0.1) is 13.8 Å². The van der Waals surface area contributed by atoms with Gasteiger partial charge in [-0.15, -0.1) is 0 Å². The van der Waals surface area contributed by atoms with Crippen molar-refractivity contribution >= 4 is 27.3 Å². The third kappa shape index (κ3) is 4.46. The smallest absolute Gasteiger partial charge is 0.264 e. The SMILES string of the molecule is COc1ccc(S(=O)(=O)N(C)c2ccc(C(=O)Nc3ccc(C)cc3C)cc2)cc1. The predicted molar refractivity (Wildman–Crippen MR) is 119 cm³/mol. The van der Waals surface area contributed by atoms with Crippen molar-refractivity contribution in [2.75, 3.05) is 23.8 Å². The zero-order valence-corrected chi connectivity index (χ0v) is 18.2. The Balaban J connectivity index is 1.77. The molecule has 0 aliphatic heterocycles. The molecule has 1 N–H and O–H groups in total. The van der Waals surface area contributed by atoms with E-state index in [0.29, 0.717) is 17.0 Å². The van der Waals surface area contributed by atoms with Gasteiger partial charge in [0.15, 0.2) is 0 Å². The Hall–Kier alpha value is -3.32. The van der Waals surface area contributed by atoms with E-state index in [4.69, 9.17) is 4.74 Å². The summed E-state index contributed by atoms with van der Waals surface area (Å²) < 4.78 is 32.0. The Bertz CT molecular complexity index is 1150. The average Bonchev–Trinajstić information content (AvgIpc) is 2.75. The van der Waals surface area contributed by atoms with Gasteiger partial charge in [0, 0.05) is 18.3 Å². The van der Waals surface area contributed by atoms with Crippen LogP contribution in [0.15, 0.2) is 71.6 Å². The van der Waals surface area contributed by atoms with E-state index in [1.807, 2.05) is 32.0 Å². The molecular weight excluding hydrogens is 400 g/mol. The summed E-state index contributed by atoms with van der Waals surface area (Å²) in [5.41, 5.74) is 3.73. The van der Waals surface area contributed by atoms with Crippen LogP contribution >= 0.6 is 0 Å². The van der Waals surface area contributed by atoms with Crippen LogP contribution in [0.3, 0.4) is 0 Å². The molecule has 3 rings (SSSR count). The minimum atomic E-state index is -3.73. The van der Waals surface area contributed by atoms with Crippen molar-refractivity contribution in [3.05, 3.63) is 83.4 Å². The van der Waals surface area contributed by atoms with Gasteiger partial charge in [-0.3, -0.25) is 9.10 Å². The lowest BCUT2D eigenvalue weighted by Crippen LogP contribution is -2.26. The van der Waals surface area contributed by atoms with Crippen molar-refractivity contribution in [1.82, 2.24) is 0 Å². The van der Waals surface area contributed by atoms with E-state index in [2.05, 4.69) is 5.32 Å². The maximum absolute atomic E-state index is 12.9. The molecule has 0 heterocycles. The molecule has 0 aliphatic carbocycles. The monoisotopic (exact) mass is 424 g/mol. The fourth-order valence-electron chi connectivity index (χ4n) is 3.02. The molecular formula is C23H24N2O4S. The van der Waals surface area contributed by atoms with Gasteiger partial charge in [0.1, 0.15) is 5.75 Å². The average molecular weight is 425 g/mol. The summed E-state index contributed by atoms with van der Waals surface area (Å²) in [5.74, 6) is 0.324. The topological polar surface area (TPSA) is 75.7 Å². The van der Waals surface area contributed by atoms with Gasteiger partial charge in [0.25, 0.3) is 15.9 Å². The standard InChI is InChI=1S/C23H24N2O4S/c1-16-5-14-22(17(2)15-16)24-23(26)18-6-8-19(9-7-18)25(3)30(27,28)21-12-10-20(29-4)11-13-21/h5-15H,1-4H3,(H,24,26). The van der Waals surface area contributed by atoms with Crippen LogP contribution in [0.4, 0.5) is 11.4 Å². The number of benzene rings is 3. The molecule has 6 nitrogen and oxygen atoms in total. The first-order valence-electron chi connectivity index (χ1n) is 9.34. The largest absolute Gasteiger partial charge is 0.497 e. The Morgan fingerprint density at radius 3 is 2.13 bits per heavy atom. The highest BCUT2D eigenvalue weighted by Crippen LogP contribution is 2.24. The van der Waals surface area contributed by atoms with Gasteiger partial charge in [-0.25, -0.2) is 8.42 Å². The molecule has 3 aromatic carbocycles. The number of aryl methyl sites for hydroxylation is 2. The predicted octanol–water partition coefficient (Wildman–Crippen LogP) is 4.39. The molecule has 1 amide bonds. The number of carbonyl (C=O) groups is 1. The van der Waals surface area contributed by atoms with Crippen LogP contribution in [0.25, 0.3) is 0 Å². The van der Waals surface area contributed by atoms with Crippen LogP contribution < -0.4 is 14.4 Å². The number of hydrogen-bond donors (Lipinski definition) is 1. The summed E-state index contributed by atoms with van der Waals surface area (Å²) in [4.78, 5) is 12.7. The number of sulfonamides is 1. The lowest BCUT2D eigenvalue weighted by molar-refractivity contribution is 0.102. The molecule has 0 fully saturated rings. The molecule has 0 spiro atoms. The van der Waals surface area contributed by atoms with Crippen LogP contribution in [-0.2, 0) is 10.0 Å². The van der Waals surface area contributed by atoms with Crippen LogP contribution in [0.1, 0.15) is 21.5 Å². The van der Waals surface area contributed by atoms with Crippen LogP contribution in [-0.4, -0.2) is 28.5 Å². The molecule has 0 aliphatic rings. The Morgan fingerprint density at radius 1 is 0.933 bits per heavy atom. The Kier molecular flexibility index (Phi) is 6.12. The van der Waals surface area contributed by atoms with Crippen LogP contribution in [0.5, 0.6) is 5.75 Å². The van der Waals surface area contributed by atoms with Crippen LogP contribution in [0.2, 0.25) is 0 Å². The third-order valence-electron chi connectivity index (χ3n) is 4.84. The van der Waals surface area contributed by atoms with E-state index in [9.17, 15) is 13.2 Å². The maximum Gasteiger partial charge on any atom is 0.264 e. The van der Waals surface area contributed by atoms with Gasteiger partial charge in [-0.05, 0) is 74.0 Å². The maximum atomic E-state index is 12.9. The number of nitrogens with zero attached hydrogens (tertiary/aromatic N) is 1. The first-order valence-corrected chi connectivity index (χ1v) is 10.8. The summed E-state index contributed by atoms with van der Waals surface area (Å²) in [5, 5.41) is 2.89. The molecule has 0 bridgehead atoms. The van der Waals surface area contributed by atoms with Gasteiger partial charge in [-0.2, -0.15) is 0 Å². The third-order valence-corrected chi connectivity index (χ3v) is 6.64. The van der Waals surface area contributed by atoms with E-state index in [0.717, 1.165) is 16.8 Å². The van der Waals surface area contributed by atoms with Crippen molar-refractivity contribution in [1.29, 1.82) is 0 Å². The number of hydrogen-bond acceptors (Lipinski definition) is 4. The molecule has 0 saturated carbocycles. The quantitative estimate of drug-likeness (QED) is 0.637. The molecule has 7 heteroatoms. The van der Waals surface area contributed by atoms with E-state index in [-0.39, 0.29) is 10.8 Å². The normalized spacial score (nSPS) is 11.1. The molecule has 3 aromatic rings. The highest BCUT2D eigenvalue weighted by Gasteiger charge is 2.21. The molecule has 0 atom stereocenters.